The standard InChI is InChI=1S/C15H20FN3/c1-10-9-12(5-6-13(10)16)15-11(2)19(4)18-14(15)7-8-17-3/h5-6,9,17H,7-8H2,1-4H3. The number of halogens is 1. The molecule has 0 fully saturated rings. The van der Waals surface area contributed by atoms with Crippen molar-refractivity contribution in [2.75, 3.05) is 13.6 Å². The van der Waals surface area contributed by atoms with E-state index in [2.05, 4.69) is 10.4 Å². The molecule has 2 rings (SSSR count). The summed E-state index contributed by atoms with van der Waals surface area (Å²) in [4.78, 5) is 0. The summed E-state index contributed by atoms with van der Waals surface area (Å²) in [6.45, 7) is 4.71. The summed E-state index contributed by atoms with van der Waals surface area (Å²) in [6.07, 6.45) is 0.865. The Hall–Kier alpha value is -1.68. The van der Waals surface area contributed by atoms with Gasteiger partial charge in [-0.05, 0) is 44.2 Å². The molecule has 0 aliphatic heterocycles. The predicted molar refractivity (Wildman–Crippen MR) is 75.7 cm³/mol. The number of hydrogen-bond donors (Lipinski definition) is 1. The molecule has 102 valence electrons. The van der Waals surface area contributed by atoms with Crippen molar-refractivity contribution >= 4 is 0 Å². The van der Waals surface area contributed by atoms with Gasteiger partial charge in [-0.2, -0.15) is 5.10 Å². The van der Waals surface area contributed by atoms with Crippen molar-refractivity contribution in [3.05, 3.63) is 41.0 Å². The van der Waals surface area contributed by atoms with E-state index in [0.29, 0.717) is 5.56 Å². The molecule has 0 atom stereocenters. The molecule has 0 amide bonds. The number of rotatable bonds is 4. The molecule has 19 heavy (non-hydrogen) atoms. The SMILES string of the molecule is CNCCc1nn(C)c(C)c1-c1ccc(F)c(C)c1. The van der Waals surface area contributed by atoms with Crippen LogP contribution in [0.25, 0.3) is 11.1 Å². The summed E-state index contributed by atoms with van der Waals surface area (Å²) in [5.74, 6) is -0.165. The van der Waals surface area contributed by atoms with Crippen LogP contribution in [0.4, 0.5) is 4.39 Å². The lowest BCUT2D eigenvalue weighted by molar-refractivity contribution is 0.619. The van der Waals surface area contributed by atoms with Gasteiger partial charge in [-0.1, -0.05) is 6.07 Å². The molecule has 1 aromatic heterocycles. The van der Waals surface area contributed by atoms with Crippen molar-refractivity contribution in [3.8, 4) is 11.1 Å². The molecule has 0 saturated heterocycles. The summed E-state index contributed by atoms with van der Waals surface area (Å²) >= 11 is 0. The highest BCUT2D eigenvalue weighted by Gasteiger charge is 2.15. The maximum Gasteiger partial charge on any atom is 0.126 e. The normalized spacial score (nSPS) is 11.0. The smallest absolute Gasteiger partial charge is 0.126 e. The number of nitrogens with one attached hydrogen (secondary N) is 1. The molecule has 3 nitrogen and oxygen atoms in total. The van der Waals surface area contributed by atoms with Crippen LogP contribution in [0.15, 0.2) is 18.2 Å². The summed E-state index contributed by atoms with van der Waals surface area (Å²) < 4.78 is 15.3. The topological polar surface area (TPSA) is 29.9 Å². The van der Waals surface area contributed by atoms with Crippen LogP contribution in [0.5, 0.6) is 0 Å². The summed E-state index contributed by atoms with van der Waals surface area (Å²) in [6, 6.07) is 5.25. The Morgan fingerprint density at radius 3 is 2.68 bits per heavy atom. The maximum absolute atomic E-state index is 13.4. The number of likely N-dealkylation sites (N-methyl/N-ethyl adjacent to an activating group) is 1. The molecular weight excluding hydrogens is 241 g/mol. The quantitative estimate of drug-likeness (QED) is 0.917. The van der Waals surface area contributed by atoms with Gasteiger partial charge in [0.05, 0.1) is 5.69 Å². The van der Waals surface area contributed by atoms with E-state index < -0.39 is 0 Å². The van der Waals surface area contributed by atoms with E-state index in [1.165, 1.54) is 6.07 Å². The molecule has 0 spiro atoms. The zero-order valence-corrected chi connectivity index (χ0v) is 11.9. The van der Waals surface area contributed by atoms with E-state index in [-0.39, 0.29) is 5.82 Å². The number of aryl methyl sites for hydroxylation is 2. The summed E-state index contributed by atoms with van der Waals surface area (Å²) in [7, 11) is 3.87. The number of nitrogens with zero attached hydrogens (tertiary/aromatic N) is 2. The lowest BCUT2D eigenvalue weighted by atomic mass is 10.00. The molecule has 2 aromatic rings. The fourth-order valence-electron chi connectivity index (χ4n) is 2.27. The third-order valence-electron chi connectivity index (χ3n) is 3.46. The fraction of sp³-hybridized carbons (Fsp3) is 0.400. The number of aromatic nitrogens is 2. The molecule has 1 heterocycles. The third kappa shape index (κ3) is 2.68. The van der Waals surface area contributed by atoms with Crippen LogP contribution in [-0.4, -0.2) is 23.4 Å². The first-order valence-corrected chi connectivity index (χ1v) is 6.48. The first kappa shape index (κ1) is 13.7. The zero-order valence-electron chi connectivity index (χ0n) is 11.9. The third-order valence-corrected chi connectivity index (χ3v) is 3.46. The highest BCUT2D eigenvalue weighted by Crippen LogP contribution is 2.28. The highest BCUT2D eigenvalue weighted by molar-refractivity contribution is 5.69. The predicted octanol–water partition coefficient (Wildman–Crippen LogP) is 2.60. The summed E-state index contributed by atoms with van der Waals surface area (Å²) in [5, 5.41) is 7.69. The number of benzene rings is 1. The van der Waals surface area contributed by atoms with Gasteiger partial charge in [0.25, 0.3) is 0 Å². The van der Waals surface area contributed by atoms with Gasteiger partial charge in [-0.15, -0.1) is 0 Å². The minimum absolute atomic E-state index is 0.165. The van der Waals surface area contributed by atoms with Gasteiger partial charge >= 0.3 is 0 Å². The Balaban J connectivity index is 2.50. The number of hydrogen-bond acceptors (Lipinski definition) is 2. The monoisotopic (exact) mass is 261 g/mol. The van der Waals surface area contributed by atoms with Crippen molar-refractivity contribution in [1.82, 2.24) is 15.1 Å². The molecule has 0 aliphatic carbocycles. The van der Waals surface area contributed by atoms with E-state index in [9.17, 15) is 4.39 Å². The zero-order chi connectivity index (χ0) is 14.0. The van der Waals surface area contributed by atoms with Crippen LogP contribution in [0.2, 0.25) is 0 Å². The van der Waals surface area contributed by atoms with E-state index >= 15 is 0 Å². The molecule has 1 N–H and O–H groups in total. The van der Waals surface area contributed by atoms with Gasteiger partial charge in [-0.3, -0.25) is 4.68 Å². The Morgan fingerprint density at radius 1 is 1.32 bits per heavy atom. The second-order valence-electron chi connectivity index (χ2n) is 4.85. The molecule has 0 unspecified atom stereocenters. The van der Waals surface area contributed by atoms with E-state index in [1.54, 1.807) is 6.92 Å². The van der Waals surface area contributed by atoms with Gasteiger partial charge in [0.15, 0.2) is 0 Å². The van der Waals surface area contributed by atoms with Gasteiger partial charge in [0, 0.05) is 31.3 Å². The average molecular weight is 261 g/mol. The van der Waals surface area contributed by atoms with Crippen molar-refractivity contribution in [2.45, 2.75) is 20.3 Å². The molecule has 0 saturated carbocycles. The van der Waals surface area contributed by atoms with Gasteiger partial charge < -0.3 is 5.32 Å². The molecule has 1 aromatic carbocycles. The Labute approximate surface area is 113 Å². The van der Waals surface area contributed by atoms with Crippen LogP contribution in [-0.2, 0) is 13.5 Å². The Kier molecular flexibility index (Phi) is 4.00. The van der Waals surface area contributed by atoms with Crippen LogP contribution < -0.4 is 5.32 Å². The van der Waals surface area contributed by atoms with Gasteiger partial charge in [0.1, 0.15) is 5.82 Å². The maximum atomic E-state index is 13.4. The van der Waals surface area contributed by atoms with Crippen molar-refractivity contribution in [2.24, 2.45) is 7.05 Å². The van der Waals surface area contributed by atoms with Crippen molar-refractivity contribution in [3.63, 3.8) is 0 Å². The minimum Gasteiger partial charge on any atom is -0.319 e. The minimum atomic E-state index is -0.165. The lowest BCUT2D eigenvalue weighted by Crippen LogP contribution is -2.11. The van der Waals surface area contributed by atoms with E-state index in [4.69, 9.17) is 0 Å². The van der Waals surface area contributed by atoms with Crippen LogP contribution >= 0.6 is 0 Å². The van der Waals surface area contributed by atoms with Crippen LogP contribution in [0.3, 0.4) is 0 Å². The van der Waals surface area contributed by atoms with Gasteiger partial charge in [0.2, 0.25) is 0 Å². The molecule has 0 aliphatic rings. The average Bonchev–Trinajstić information content (AvgIpc) is 2.66. The van der Waals surface area contributed by atoms with Crippen LogP contribution in [0.1, 0.15) is 17.0 Å². The Morgan fingerprint density at radius 2 is 2.05 bits per heavy atom. The molecular formula is C15H20FN3. The second kappa shape index (κ2) is 5.53. The van der Waals surface area contributed by atoms with E-state index in [1.807, 2.05) is 37.8 Å². The van der Waals surface area contributed by atoms with E-state index in [0.717, 1.165) is 35.5 Å². The fourth-order valence-corrected chi connectivity index (χ4v) is 2.27. The van der Waals surface area contributed by atoms with Crippen molar-refractivity contribution in [1.29, 1.82) is 0 Å². The lowest BCUT2D eigenvalue weighted by Gasteiger charge is -2.06. The molecule has 0 bridgehead atoms. The molecule has 4 heteroatoms. The van der Waals surface area contributed by atoms with Crippen molar-refractivity contribution < 1.29 is 4.39 Å². The largest absolute Gasteiger partial charge is 0.319 e. The first-order valence-electron chi connectivity index (χ1n) is 6.48. The van der Waals surface area contributed by atoms with Crippen LogP contribution in [0, 0.1) is 19.7 Å². The highest BCUT2D eigenvalue weighted by atomic mass is 19.1. The molecule has 0 radical (unpaired) electrons. The second-order valence-corrected chi connectivity index (χ2v) is 4.85. The van der Waals surface area contributed by atoms with Gasteiger partial charge in [-0.25, -0.2) is 4.39 Å². The first-order chi connectivity index (χ1) is 9.04. The summed E-state index contributed by atoms with van der Waals surface area (Å²) in [5.41, 5.74) is 4.99. The Bertz CT molecular complexity index is 587.